The van der Waals surface area contributed by atoms with Crippen molar-refractivity contribution in [1.29, 1.82) is 5.41 Å². The van der Waals surface area contributed by atoms with Crippen LogP contribution in [0, 0.1) is 5.41 Å². The predicted molar refractivity (Wildman–Crippen MR) is 63.6 cm³/mol. The number of hydrogen-bond acceptors (Lipinski definition) is 4. The Bertz CT molecular complexity index is 239. The summed E-state index contributed by atoms with van der Waals surface area (Å²) in [5.41, 5.74) is 4.73. The van der Waals surface area contributed by atoms with Gasteiger partial charge in [0.1, 0.15) is 0 Å². The first-order chi connectivity index (χ1) is 7.43. The van der Waals surface area contributed by atoms with Gasteiger partial charge in [-0.15, -0.1) is 0 Å². The Balaban J connectivity index is 2.42. The second-order valence-corrected chi connectivity index (χ2v) is 4.83. The highest BCUT2D eigenvalue weighted by Gasteiger charge is 2.32. The molecule has 1 aliphatic rings. The van der Waals surface area contributed by atoms with E-state index in [1.54, 1.807) is 0 Å². The van der Waals surface area contributed by atoms with Crippen LogP contribution in [0.2, 0.25) is 0 Å². The Morgan fingerprint density at radius 2 is 2.12 bits per heavy atom. The van der Waals surface area contributed by atoms with Gasteiger partial charge in [0.05, 0.1) is 11.4 Å². The normalized spacial score (nSPS) is 22.0. The van der Waals surface area contributed by atoms with Gasteiger partial charge in [0.2, 0.25) is 0 Å². The number of aliphatic hydroxyl groups is 1. The lowest BCUT2D eigenvalue weighted by Gasteiger charge is -2.37. The van der Waals surface area contributed by atoms with E-state index in [0.717, 1.165) is 0 Å². The third-order valence-corrected chi connectivity index (χ3v) is 3.24. The summed E-state index contributed by atoms with van der Waals surface area (Å²) < 4.78 is 5.24. The summed E-state index contributed by atoms with van der Waals surface area (Å²) in [6, 6.07) is 0.185. The summed E-state index contributed by atoms with van der Waals surface area (Å²) in [5, 5.41) is 17.6. The van der Waals surface area contributed by atoms with Crippen molar-refractivity contribution in [2.75, 3.05) is 26.8 Å². The zero-order valence-electron chi connectivity index (χ0n) is 10.2. The van der Waals surface area contributed by atoms with Gasteiger partial charge in [-0.3, -0.25) is 5.41 Å². The van der Waals surface area contributed by atoms with Crippen molar-refractivity contribution >= 4 is 5.84 Å². The van der Waals surface area contributed by atoms with E-state index in [9.17, 15) is 5.11 Å². The zero-order valence-corrected chi connectivity index (χ0v) is 10.2. The van der Waals surface area contributed by atoms with Crippen LogP contribution in [0.4, 0.5) is 0 Å². The summed E-state index contributed by atoms with van der Waals surface area (Å²) >= 11 is 0. The lowest BCUT2D eigenvalue weighted by Crippen LogP contribution is -2.48. The molecule has 5 heteroatoms. The van der Waals surface area contributed by atoms with Crippen LogP contribution < -0.4 is 5.73 Å². The number of amidine groups is 1. The van der Waals surface area contributed by atoms with Crippen molar-refractivity contribution in [3.63, 3.8) is 0 Å². The zero-order chi connectivity index (χ0) is 12.2. The summed E-state index contributed by atoms with van der Waals surface area (Å²) in [7, 11) is 1.96. The van der Waals surface area contributed by atoms with E-state index in [2.05, 4.69) is 4.90 Å². The summed E-state index contributed by atoms with van der Waals surface area (Å²) in [4.78, 5) is 2.06. The fraction of sp³-hybridized carbons (Fsp3) is 0.909. The quantitative estimate of drug-likeness (QED) is 0.464. The minimum absolute atomic E-state index is 0.185. The number of nitrogens with one attached hydrogen (secondary N) is 1. The number of likely N-dealkylation sites (N-methyl/N-ethyl adjacent to an activating group) is 1. The standard InChI is InChI=1S/C11H23N3O2/c1-9(7-10(12)13)14(2)8-11(15)3-5-16-6-4-11/h9,15H,3-8H2,1-2H3,(H3,12,13). The Kier molecular flexibility index (Phi) is 4.70. The first-order valence-electron chi connectivity index (χ1n) is 5.76. The summed E-state index contributed by atoms with van der Waals surface area (Å²) in [5.74, 6) is 0.193. The minimum atomic E-state index is -0.641. The third-order valence-electron chi connectivity index (χ3n) is 3.24. The molecule has 1 aliphatic heterocycles. The molecule has 0 spiro atoms. The molecule has 0 aromatic carbocycles. The maximum Gasteiger partial charge on any atom is 0.0920 e. The average molecular weight is 229 g/mol. The molecule has 1 saturated heterocycles. The van der Waals surface area contributed by atoms with Crippen LogP contribution in [0.3, 0.4) is 0 Å². The molecule has 1 rings (SSSR count). The molecule has 1 atom stereocenters. The molecule has 94 valence electrons. The molecule has 0 bridgehead atoms. The van der Waals surface area contributed by atoms with Crippen molar-refractivity contribution in [1.82, 2.24) is 4.90 Å². The summed E-state index contributed by atoms with van der Waals surface area (Å²) in [6.45, 7) is 3.89. The molecule has 1 fully saturated rings. The Hall–Kier alpha value is -0.650. The molecule has 4 N–H and O–H groups in total. The first kappa shape index (κ1) is 13.4. The highest BCUT2D eigenvalue weighted by atomic mass is 16.5. The summed E-state index contributed by atoms with van der Waals surface area (Å²) in [6.07, 6.45) is 1.91. The van der Waals surface area contributed by atoms with E-state index in [1.165, 1.54) is 0 Å². The lowest BCUT2D eigenvalue weighted by molar-refractivity contribution is -0.0804. The molecule has 0 aromatic heterocycles. The van der Waals surface area contributed by atoms with Gasteiger partial charge in [-0.1, -0.05) is 0 Å². The van der Waals surface area contributed by atoms with Gasteiger partial charge in [0, 0.05) is 45.1 Å². The van der Waals surface area contributed by atoms with Crippen molar-refractivity contribution in [2.24, 2.45) is 5.73 Å². The molecular formula is C11H23N3O2. The number of hydrogen-bond donors (Lipinski definition) is 3. The number of rotatable bonds is 5. The molecular weight excluding hydrogens is 206 g/mol. The van der Waals surface area contributed by atoms with Crippen molar-refractivity contribution in [3.05, 3.63) is 0 Å². The Labute approximate surface area is 97.1 Å². The maximum absolute atomic E-state index is 10.3. The van der Waals surface area contributed by atoms with Crippen LogP contribution in [0.25, 0.3) is 0 Å². The van der Waals surface area contributed by atoms with Crippen molar-refractivity contribution in [3.8, 4) is 0 Å². The molecule has 5 nitrogen and oxygen atoms in total. The fourth-order valence-corrected chi connectivity index (χ4v) is 2.00. The van der Waals surface area contributed by atoms with E-state index in [1.807, 2.05) is 14.0 Å². The number of nitrogens with two attached hydrogens (primary N) is 1. The molecule has 1 unspecified atom stereocenters. The van der Waals surface area contributed by atoms with Crippen LogP contribution in [-0.2, 0) is 4.74 Å². The lowest BCUT2D eigenvalue weighted by atomic mass is 9.93. The Morgan fingerprint density at radius 1 is 1.56 bits per heavy atom. The molecule has 16 heavy (non-hydrogen) atoms. The van der Waals surface area contributed by atoms with Gasteiger partial charge in [-0.2, -0.15) is 0 Å². The molecule has 0 saturated carbocycles. The van der Waals surface area contributed by atoms with Gasteiger partial charge in [-0.05, 0) is 14.0 Å². The SMILES string of the molecule is CC(CC(=N)N)N(C)CC1(O)CCOCC1. The topological polar surface area (TPSA) is 82.6 Å². The van der Waals surface area contributed by atoms with Gasteiger partial charge >= 0.3 is 0 Å². The maximum atomic E-state index is 10.3. The second kappa shape index (κ2) is 5.61. The van der Waals surface area contributed by atoms with E-state index in [-0.39, 0.29) is 11.9 Å². The molecule has 0 aromatic rings. The number of nitrogens with zero attached hydrogens (tertiary/aromatic N) is 1. The van der Waals surface area contributed by atoms with Crippen LogP contribution in [0.5, 0.6) is 0 Å². The second-order valence-electron chi connectivity index (χ2n) is 4.83. The van der Waals surface area contributed by atoms with Gasteiger partial charge in [0.15, 0.2) is 0 Å². The smallest absolute Gasteiger partial charge is 0.0920 e. The van der Waals surface area contributed by atoms with Gasteiger partial charge in [0.25, 0.3) is 0 Å². The highest BCUT2D eigenvalue weighted by molar-refractivity contribution is 5.77. The van der Waals surface area contributed by atoms with E-state index in [0.29, 0.717) is 39.0 Å². The fourth-order valence-electron chi connectivity index (χ4n) is 2.00. The highest BCUT2D eigenvalue weighted by Crippen LogP contribution is 2.22. The molecule has 0 aliphatic carbocycles. The monoisotopic (exact) mass is 229 g/mol. The van der Waals surface area contributed by atoms with Crippen LogP contribution >= 0.6 is 0 Å². The minimum Gasteiger partial charge on any atom is -0.388 e. The van der Waals surface area contributed by atoms with E-state index >= 15 is 0 Å². The molecule has 0 radical (unpaired) electrons. The van der Waals surface area contributed by atoms with Gasteiger partial charge < -0.3 is 20.5 Å². The predicted octanol–water partition coefficient (Wildman–Crippen LogP) is 0.174. The van der Waals surface area contributed by atoms with Crippen molar-refractivity contribution < 1.29 is 9.84 Å². The average Bonchev–Trinajstić information content (AvgIpc) is 2.16. The third kappa shape index (κ3) is 4.08. The van der Waals surface area contributed by atoms with E-state index in [4.69, 9.17) is 15.9 Å². The Morgan fingerprint density at radius 3 is 2.62 bits per heavy atom. The first-order valence-corrected chi connectivity index (χ1v) is 5.76. The van der Waals surface area contributed by atoms with Crippen LogP contribution in [-0.4, -0.2) is 54.3 Å². The van der Waals surface area contributed by atoms with Gasteiger partial charge in [-0.25, -0.2) is 0 Å². The number of ether oxygens (including phenoxy) is 1. The van der Waals surface area contributed by atoms with Crippen LogP contribution in [0.1, 0.15) is 26.2 Å². The van der Waals surface area contributed by atoms with E-state index < -0.39 is 5.60 Å². The largest absolute Gasteiger partial charge is 0.388 e. The molecule has 1 heterocycles. The van der Waals surface area contributed by atoms with Crippen molar-refractivity contribution in [2.45, 2.75) is 37.8 Å². The van der Waals surface area contributed by atoms with Crippen LogP contribution in [0.15, 0.2) is 0 Å². The molecule has 0 amide bonds.